The number of aromatic nitrogens is 1. The van der Waals surface area contributed by atoms with Crippen LogP contribution in [0.15, 0.2) is 18.3 Å². The van der Waals surface area contributed by atoms with Crippen molar-refractivity contribution in [2.24, 2.45) is 0 Å². The van der Waals surface area contributed by atoms with E-state index in [4.69, 9.17) is 0 Å². The van der Waals surface area contributed by atoms with E-state index in [0.717, 1.165) is 12.8 Å². The van der Waals surface area contributed by atoms with Crippen LogP contribution < -0.4 is 0 Å². The third kappa shape index (κ3) is 2.64. The lowest BCUT2D eigenvalue weighted by Crippen LogP contribution is -2.48. The number of nitrogens with zero attached hydrogens (tertiary/aromatic N) is 2. The van der Waals surface area contributed by atoms with Gasteiger partial charge in [-0.15, -0.1) is 0 Å². The number of amides is 1. The van der Waals surface area contributed by atoms with Gasteiger partial charge in [0.25, 0.3) is 5.91 Å². The molecule has 1 atom stereocenters. The molecule has 0 bridgehead atoms. The third-order valence-electron chi connectivity index (χ3n) is 3.60. The van der Waals surface area contributed by atoms with Gasteiger partial charge in [0.2, 0.25) is 0 Å². The summed E-state index contributed by atoms with van der Waals surface area (Å²) in [6, 6.07) is 3.08. The topological polar surface area (TPSA) is 62.5 Å². The Morgan fingerprint density at radius 2 is 2.11 bits per heavy atom. The van der Waals surface area contributed by atoms with Crippen LogP contribution in [0.4, 0.5) is 0 Å². The molecule has 2 rings (SSSR count). The van der Waals surface area contributed by atoms with E-state index in [1.165, 1.54) is 4.90 Å². The van der Waals surface area contributed by atoms with E-state index in [-0.39, 0.29) is 11.9 Å². The fourth-order valence-corrected chi connectivity index (χ4v) is 2.60. The summed E-state index contributed by atoms with van der Waals surface area (Å²) >= 11 is 0. The van der Waals surface area contributed by atoms with Crippen molar-refractivity contribution in [1.29, 1.82) is 0 Å². The first kappa shape index (κ1) is 13.6. The highest BCUT2D eigenvalue weighted by Gasteiger charge is 2.33. The van der Waals surface area contributed by atoms with Crippen molar-refractivity contribution in [3.05, 3.63) is 24.0 Å². The Balaban J connectivity index is 2.26. The van der Waals surface area contributed by atoms with Crippen molar-refractivity contribution >= 4 is 11.9 Å². The summed E-state index contributed by atoms with van der Waals surface area (Å²) in [7, 11) is 0. The normalized spacial score (nSPS) is 19.7. The van der Waals surface area contributed by atoms with Crippen LogP contribution in [0.5, 0.6) is 0 Å². The van der Waals surface area contributed by atoms with Gasteiger partial charge >= 0.3 is 5.97 Å². The molecule has 5 heteroatoms. The van der Waals surface area contributed by atoms with Gasteiger partial charge < -0.3 is 14.6 Å². The highest BCUT2D eigenvalue weighted by molar-refractivity contribution is 5.95. The minimum atomic E-state index is -0.907. The summed E-state index contributed by atoms with van der Waals surface area (Å²) in [4.78, 5) is 25.3. The van der Waals surface area contributed by atoms with Gasteiger partial charge in [0, 0.05) is 18.8 Å². The molecule has 0 saturated carbocycles. The van der Waals surface area contributed by atoms with Crippen LogP contribution in [-0.2, 0) is 4.79 Å². The van der Waals surface area contributed by atoms with E-state index < -0.39 is 12.0 Å². The van der Waals surface area contributed by atoms with Crippen LogP contribution in [-0.4, -0.2) is 39.0 Å². The molecule has 1 amide bonds. The van der Waals surface area contributed by atoms with Gasteiger partial charge in [-0.3, -0.25) is 4.79 Å². The summed E-state index contributed by atoms with van der Waals surface area (Å²) in [6.45, 7) is 4.53. The number of piperidine rings is 1. The third-order valence-corrected chi connectivity index (χ3v) is 3.60. The molecule has 0 unspecified atom stereocenters. The van der Waals surface area contributed by atoms with Crippen molar-refractivity contribution in [1.82, 2.24) is 9.47 Å². The summed E-state index contributed by atoms with van der Waals surface area (Å²) < 4.78 is 1.88. The number of likely N-dealkylation sites (tertiary alicyclic amines) is 1. The number of hydrogen-bond acceptors (Lipinski definition) is 2. The van der Waals surface area contributed by atoms with E-state index in [0.29, 0.717) is 18.7 Å². The molecule has 0 aromatic carbocycles. The molecule has 0 aliphatic carbocycles. The lowest BCUT2D eigenvalue weighted by atomic mass is 10.0. The second kappa shape index (κ2) is 5.47. The Labute approximate surface area is 112 Å². The average Bonchev–Trinajstić information content (AvgIpc) is 2.87. The van der Waals surface area contributed by atoms with Crippen LogP contribution in [0.25, 0.3) is 0 Å². The first-order chi connectivity index (χ1) is 9.02. The Morgan fingerprint density at radius 3 is 2.74 bits per heavy atom. The fourth-order valence-electron chi connectivity index (χ4n) is 2.60. The molecule has 104 valence electrons. The van der Waals surface area contributed by atoms with Gasteiger partial charge in [0.05, 0.1) is 0 Å². The minimum Gasteiger partial charge on any atom is -0.480 e. The molecule has 0 radical (unpaired) electrons. The largest absolute Gasteiger partial charge is 0.480 e. The number of carboxylic acids is 1. The molecule has 0 spiro atoms. The summed E-state index contributed by atoms with van der Waals surface area (Å²) in [5.74, 6) is -1.08. The van der Waals surface area contributed by atoms with Crippen LogP contribution in [0.3, 0.4) is 0 Å². The molecule has 5 nitrogen and oxygen atoms in total. The van der Waals surface area contributed by atoms with Gasteiger partial charge in [0.15, 0.2) is 0 Å². The van der Waals surface area contributed by atoms with Gasteiger partial charge in [-0.05, 0) is 45.2 Å². The zero-order chi connectivity index (χ0) is 14.0. The number of rotatable bonds is 3. The minimum absolute atomic E-state index is 0.175. The predicted octanol–water partition coefficient (Wildman–Crippen LogP) is 2.15. The SMILES string of the molecule is CC(C)n1cccc1C(=O)N1CCCC[C@@H]1C(=O)O. The monoisotopic (exact) mass is 264 g/mol. The molecule has 2 heterocycles. The highest BCUT2D eigenvalue weighted by Crippen LogP contribution is 2.21. The number of carbonyl (C=O) groups is 2. The van der Waals surface area contributed by atoms with Crippen molar-refractivity contribution in [2.75, 3.05) is 6.54 Å². The van der Waals surface area contributed by atoms with Crippen molar-refractivity contribution in [2.45, 2.75) is 45.2 Å². The number of carboxylic acid groups (broad SMARTS) is 1. The predicted molar refractivity (Wildman–Crippen MR) is 71.1 cm³/mol. The first-order valence-electron chi connectivity index (χ1n) is 6.73. The molecule has 1 aliphatic rings. The molecule has 1 fully saturated rings. The average molecular weight is 264 g/mol. The second-order valence-electron chi connectivity index (χ2n) is 5.24. The van der Waals surface area contributed by atoms with Crippen LogP contribution >= 0.6 is 0 Å². The number of hydrogen-bond donors (Lipinski definition) is 1. The van der Waals surface area contributed by atoms with E-state index in [1.807, 2.05) is 30.7 Å². The van der Waals surface area contributed by atoms with Gasteiger partial charge in [-0.25, -0.2) is 4.79 Å². The molecular formula is C14H20N2O3. The maximum Gasteiger partial charge on any atom is 0.326 e. The summed E-state index contributed by atoms with van der Waals surface area (Å²) in [6.07, 6.45) is 4.14. The Bertz CT molecular complexity index is 479. The van der Waals surface area contributed by atoms with E-state index in [1.54, 1.807) is 6.07 Å². The summed E-state index contributed by atoms with van der Waals surface area (Å²) in [5, 5.41) is 9.23. The molecular weight excluding hydrogens is 244 g/mol. The molecule has 1 N–H and O–H groups in total. The molecule has 1 aromatic heterocycles. The highest BCUT2D eigenvalue weighted by atomic mass is 16.4. The Hall–Kier alpha value is -1.78. The van der Waals surface area contributed by atoms with Gasteiger partial charge in [-0.1, -0.05) is 0 Å². The number of carbonyl (C=O) groups excluding carboxylic acids is 1. The van der Waals surface area contributed by atoms with Crippen molar-refractivity contribution in [3.63, 3.8) is 0 Å². The van der Waals surface area contributed by atoms with Crippen molar-refractivity contribution in [3.8, 4) is 0 Å². The lowest BCUT2D eigenvalue weighted by Gasteiger charge is -2.33. The smallest absolute Gasteiger partial charge is 0.326 e. The molecule has 1 aliphatic heterocycles. The summed E-state index contributed by atoms with van der Waals surface area (Å²) in [5.41, 5.74) is 0.572. The van der Waals surface area contributed by atoms with Crippen LogP contribution in [0.2, 0.25) is 0 Å². The zero-order valence-electron chi connectivity index (χ0n) is 11.4. The van der Waals surface area contributed by atoms with Crippen LogP contribution in [0, 0.1) is 0 Å². The Morgan fingerprint density at radius 1 is 1.37 bits per heavy atom. The van der Waals surface area contributed by atoms with Crippen molar-refractivity contribution < 1.29 is 14.7 Å². The maximum absolute atomic E-state index is 12.5. The molecule has 1 saturated heterocycles. The second-order valence-corrected chi connectivity index (χ2v) is 5.24. The van der Waals surface area contributed by atoms with Gasteiger partial charge in [0.1, 0.15) is 11.7 Å². The maximum atomic E-state index is 12.5. The lowest BCUT2D eigenvalue weighted by molar-refractivity contribution is -0.143. The first-order valence-corrected chi connectivity index (χ1v) is 6.73. The zero-order valence-corrected chi connectivity index (χ0v) is 11.4. The van der Waals surface area contributed by atoms with E-state index in [2.05, 4.69) is 0 Å². The number of aliphatic carboxylic acids is 1. The Kier molecular flexibility index (Phi) is 3.93. The standard InChI is InChI=1S/C14H20N2O3/c1-10(2)15-9-5-7-11(15)13(17)16-8-4-3-6-12(16)14(18)19/h5,7,9-10,12H,3-4,6,8H2,1-2H3,(H,18,19)/t12-/m1/s1. The van der Waals surface area contributed by atoms with Crippen LogP contribution in [0.1, 0.15) is 49.6 Å². The molecule has 19 heavy (non-hydrogen) atoms. The molecule has 1 aromatic rings. The quantitative estimate of drug-likeness (QED) is 0.909. The van der Waals surface area contributed by atoms with Gasteiger partial charge in [-0.2, -0.15) is 0 Å². The van der Waals surface area contributed by atoms with E-state index >= 15 is 0 Å². The van der Waals surface area contributed by atoms with E-state index in [9.17, 15) is 14.7 Å². The fraction of sp³-hybridized carbons (Fsp3) is 0.571.